The Hall–Kier alpha value is -1.56. The first-order valence-corrected chi connectivity index (χ1v) is 8.28. The monoisotopic (exact) mass is 310 g/mol. The van der Waals surface area contributed by atoms with Gasteiger partial charge in [-0.25, -0.2) is 9.59 Å². The predicted molar refractivity (Wildman–Crippen MR) is 82.3 cm³/mol. The van der Waals surface area contributed by atoms with Crippen LogP contribution in [-0.2, 0) is 11.3 Å². The summed E-state index contributed by atoms with van der Waals surface area (Å²) in [6.07, 6.45) is 2.71. The third kappa shape index (κ3) is 4.20. The lowest BCUT2D eigenvalue weighted by molar-refractivity contribution is -0.140. The molecule has 0 bridgehead atoms. The second-order valence-corrected chi connectivity index (χ2v) is 6.42. The molecule has 1 aromatic heterocycles. The van der Waals surface area contributed by atoms with Gasteiger partial charge in [0.15, 0.2) is 0 Å². The molecule has 5 nitrogen and oxygen atoms in total. The third-order valence-electron chi connectivity index (χ3n) is 3.94. The number of thiophene rings is 1. The van der Waals surface area contributed by atoms with Crippen molar-refractivity contribution in [3.8, 4) is 0 Å². The average molecular weight is 310 g/mol. The van der Waals surface area contributed by atoms with E-state index in [2.05, 4.69) is 5.32 Å². The van der Waals surface area contributed by atoms with E-state index in [0.717, 1.165) is 18.4 Å². The Balaban J connectivity index is 2.02. The first kappa shape index (κ1) is 15.8. The zero-order chi connectivity index (χ0) is 15.4. The molecule has 2 rings (SSSR count). The quantitative estimate of drug-likeness (QED) is 0.813. The van der Waals surface area contributed by atoms with Gasteiger partial charge in [-0.1, -0.05) is 20.3 Å². The minimum Gasteiger partial charge on any atom is -0.480 e. The standard InChI is InChI=1S/C15H22N2O3S/c1-3-10(2)13(14(18)19)16-15(20)17(12-4-5-12)8-11-6-7-21-9-11/h6-7,9-10,12-13H,3-5,8H2,1-2H3,(H,16,20)(H,18,19)/t10-,13-/m0/s1. The van der Waals surface area contributed by atoms with Crippen LogP contribution in [0.3, 0.4) is 0 Å². The molecule has 1 heterocycles. The van der Waals surface area contributed by atoms with Crippen LogP contribution in [0.25, 0.3) is 0 Å². The molecular formula is C15H22N2O3S. The van der Waals surface area contributed by atoms with Gasteiger partial charge in [0, 0.05) is 12.6 Å². The fraction of sp³-hybridized carbons (Fsp3) is 0.600. The highest BCUT2D eigenvalue weighted by Crippen LogP contribution is 2.29. The maximum absolute atomic E-state index is 12.4. The molecule has 1 aliphatic rings. The van der Waals surface area contributed by atoms with Gasteiger partial charge in [0.1, 0.15) is 6.04 Å². The number of hydrogen-bond acceptors (Lipinski definition) is 3. The highest BCUT2D eigenvalue weighted by atomic mass is 32.1. The number of nitrogens with one attached hydrogen (secondary N) is 1. The van der Waals surface area contributed by atoms with Gasteiger partial charge in [-0.15, -0.1) is 0 Å². The Bertz CT molecular complexity index is 485. The topological polar surface area (TPSA) is 69.6 Å². The summed E-state index contributed by atoms with van der Waals surface area (Å²) in [5, 5.41) is 16.0. The van der Waals surface area contributed by atoms with Gasteiger partial charge in [0.05, 0.1) is 0 Å². The van der Waals surface area contributed by atoms with E-state index in [9.17, 15) is 14.7 Å². The molecule has 116 valence electrons. The molecule has 1 aliphatic carbocycles. The largest absolute Gasteiger partial charge is 0.480 e. The third-order valence-corrected chi connectivity index (χ3v) is 4.67. The molecule has 21 heavy (non-hydrogen) atoms. The first-order valence-electron chi connectivity index (χ1n) is 7.34. The van der Waals surface area contributed by atoms with Crippen molar-refractivity contribution in [1.29, 1.82) is 0 Å². The zero-order valence-electron chi connectivity index (χ0n) is 12.4. The van der Waals surface area contributed by atoms with Crippen LogP contribution in [0.1, 0.15) is 38.7 Å². The Kier molecular flexibility index (Phi) is 5.22. The second-order valence-electron chi connectivity index (χ2n) is 5.64. The number of carbonyl (C=O) groups is 2. The van der Waals surface area contributed by atoms with Gasteiger partial charge in [0.2, 0.25) is 0 Å². The van der Waals surface area contributed by atoms with Crippen LogP contribution in [-0.4, -0.2) is 34.1 Å². The van der Waals surface area contributed by atoms with Gasteiger partial charge in [0.25, 0.3) is 0 Å². The SMILES string of the molecule is CC[C@H](C)[C@H](NC(=O)N(Cc1ccsc1)C1CC1)C(=O)O. The molecular weight excluding hydrogens is 288 g/mol. The summed E-state index contributed by atoms with van der Waals surface area (Å²) in [5.74, 6) is -1.06. The van der Waals surface area contributed by atoms with E-state index < -0.39 is 12.0 Å². The number of carboxylic acid groups (broad SMARTS) is 1. The van der Waals surface area contributed by atoms with Gasteiger partial charge < -0.3 is 15.3 Å². The van der Waals surface area contributed by atoms with Gasteiger partial charge in [-0.3, -0.25) is 0 Å². The Morgan fingerprint density at radius 3 is 2.71 bits per heavy atom. The van der Waals surface area contributed by atoms with Crippen molar-refractivity contribution in [3.63, 3.8) is 0 Å². The lowest BCUT2D eigenvalue weighted by Gasteiger charge is -2.27. The summed E-state index contributed by atoms with van der Waals surface area (Å²) in [4.78, 5) is 25.5. The van der Waals surface area contributed by atoms with Crippen LogP contribution in [0.15, 0.2) is 16.8 Å². The molecule has 6 heteroatoms. The van der Waals surface area contributed by atoms with Crippen LogP contribution in [0.2, 0.25) is 0 Å². The predicted octanol–water partition coefficient (Wildman–Crippen LogP) is 2.92. The molecule has 2 atom stereocenters. The number of nitrogens with zero attached hydrogens (tertiary/aromatic N) is 1. The number of rotatable bonds is 7. The van der Waals surface area contributed by atoms with Crippen molar-refractivity contribution in [2.75, 3.05) is 0 Å². The molecule has 1 fully saturated rings. The maximum atomic E-state index is 12.4. The molecule has 0 unspecified atom stereocenters. The van der Waals surface area contributed by atoms with E-state index in [1.165, 1.54) is 0 Å². The van der Waals surface area contributed by atoms with Crippen molar-refractivity contribution in [1.82, 2.24) is 10.2 Å². The van der Waals surface area contributed by atoms with Gasteiger partial charge >= 0.3 is 12.0 Å². The summed E-state index contributed by atoms with van der Waals surface area (Å²) in [6, 6.07) is 1.15. The lowest BCUT2D eigenvalue weighted by Crippen LogP contribution is -2.50. The molecule has 1 aromatic rings. The number of hydrogen-bond donors (Lipinski definition) is 2. The van der Waals surface area contributed by atoms with Crippen molar-refractivity contribution in [2.45, 2.75) is 51.7 Å². The van der Waals surface area contributed by atoms with Crippen molar-refractivity contribution in [2.24, 2.45) is 5.92 Å². The Morgan fingerprint density at radius 2 is 2.24 bits per heavy atom. The van der Waals surface area contributed by atoms with Gasteiger partial charge in [-0.05, 0) is 41.1 Å². The molecule has 0 saturated heterocycles. The fourth-order valence-corrected chi connectivity index (χ4v) is 2.89. The minimum absolute atomic E-state index is 0.0892. The number of urea groups is 1. The molecule has 0 aliphatic heterocycles. The van der Waals surface area contributed by atoms with Crippen LogP contribution >= 0.6 is 11.3 Å². The van der Waals surface area contributed by atoms with Gasteiger partial charge in [-0.2, -0.15) is 11.3 Å². The molecule has 0 radical (unpaired) electrons. The van der Waals surface area contributed by atoms with E-state index in [4.69, 9.17) is 0 Å². The van der Waals surface area contributed by atoms with E-state index in [-0.39, 0.29) is 18.0 Å². The van der Waals surface area contributed by atoms with Crippen molar-refractivity contribution in [3.05, 3.63) is 22.4 Å². The number of aliphatic carboxylic acids is 1. The minimum atomic E-state index is -0.969. The van der Waals surface area contributed by atoms with Crippen molar-refractivity contribution >= 4 is 23.3 Å². The highest BCUT2D eigenvalue weighted by molar-refractivity contribution is 7.07. The van der Waals surface area contributed by atoms with Crippen molar-refractivity contribution < 1.29 is 14.7 Å². The summed E-state index contributed by atoms with van der Waals surface area (Å²) in [7, 11) is 0. The summed E-state index contributed by atoms with van der Waals surface area (Å²) in [6.45, 7) is 4.32. The lowest BCUT2D eigenvalue weighted by atomic mass is 9.99. The van der Waals surface area contributed by atoms with E-state index in [0.29, 0.717) is 13.0 Å². The van der Waals surface area contributed by atoms with E-state index in [1.54, 1.807) is 16.2 Å². The average Bonchev–Trinajstić information content (AvgIpc) is 3.17. The molecule has 0 spiro atoms. The van der Waals surface area contributed by atoms with Crippen LogP contribution in [0.4, 0.5) is 4.79 Å². The molecule has 2 N–H and O–H groups in total. The summed E-state index contributed by atoms with van der Waals surface area (Å²) < 4.78 is 0. The molecule has 2 amide bonds. The normalized spacial score (nSPS) is 17.0. The van der Waals surface area contributed by atoms with Crippen LogP contribution in [0.5, 0.6) is 0 Å². The number of carbonyl (C=O) groups excluding carboxylic acids is 1. The second kappa shape index (κ2) is 6.93. The Morgan fingerprint density at radius 1 is 1.52 bits per heavy atom. The maximum Gasteiger partial charge on any atom is 0.326 e. The number of amides is 2. The Labute approximate surface area is 129 Å². The smallest absolute Gasteiger partial charge is 0.326 e. The number of carboxylic acids is 1. The van der Waals surface area contributed by atoms with Crippen LogP contribution in [0, 0.1) is 5.92 Å². The zero-order valence-corrected chi connectivity index (χ0v) is 13.2. The highest BCUT2D eigenvalue weighted by Gasteiger charge is 2.35. The molecule has 1 saturated carbocycles. The molecule has 0 aromatic carbocycles. The first-order chi connectivity index (χ1) is 10.0. The summed E-state index contributed by atoms with van der Waals surface area (Å²) >= 11 is 1.60. The fourth-order valence-electron chi connectivity index (χ4n) is 2.23. The van der Waals surface area contributed by atoms with E-state index >= 15 is 0 Å². The van der Waals surface area contributed by atoms with E-state index in [1.807, 2.05) is 30.7 Å². The summed E-state index contributed by atoms with van der Waals surface area (Å²) in [5.41, 5.74) is 1.09. The van der Waals surface area contributed by atoms with Crippen LogP contribution < -0.4 is 5.32 Å².